The number of benzene rings is 4. The van der Waals surface area contributed by atoms with Crippen molar-refractivity contribution in [1.82, 2.24) is 0 Å². The molecular weight excluding hydrogens is 466 g/mol. The van der Waals surface area contributed by atoms with Gasteiger partial charge in [0.2, 0.25) is 0 Å². The average Bonchev–Trinajstić information content (AvgIpc) is 2.92. The average molecular weight is 502 g/mol. The number of rotatable bonds is 6. The topological polar surface area (TPSA) is 64.5 Å². The van der Waals surface area contributed by atoms with Crippen molar-refractivity contribution in [3.8, 4) is 11.5 Å². The summed E-state index contributed by atoms with van der Waals surface area (Å²) in [4.78, 5) is 2.18. The minimum absolute atomic E-state index is 0.419. The van der Waals surface area contributed by atoms with Gasteiger partial charge in [0, 0.05) is 28.4 Å². The molecule has 0 atom stereocenters. The molecule has 4 aromatic carbocycles. The molecule has 38 heavy (non-hydrogen) atoms. The van der Waals surface area contributed by atoms with Gasteiger partial charge in [0.25, 0.3) is 0 Å². The number of nitrogens with two attached hydrogens (primary N) is 2. The summed E-state index contributed by atoms with van der Waals surface area (Å²) in [6.45, 7) is 0. The summed E-state index contributed by atoms with van der Waals surface area (Å²) >= 11 is 0. The zero-order valence-electron chi connectivity index (χ0n) is 21.7. The second kappa shape index (κ2) is 9.13. The quantitative estimate of drug-likeness (QED) is 0.260. The summed E-state index contributed by atoms with van der Waals surface area (Å²) in [5, 5.41) is 0. The molecule has 4 fully saturated rings. The molecule has 4 nitrogen and oxygen atoms in total. The van der Waals surface area contributed by atoms with Crippen molar-refractivity contribution in [3.63, 3.8) is 0 Å². The number of nitrogens with zero attached hydrogens (tertiary/aromatic N) is 1. The molecule has 0 aliphatic heterocycles. The minimum atomic E-state index is 0.419. The monoisotopic (exact) mass is 501 g/mol. The lowest BCUT2D eigenvalue weighted by Crippen LogP contribution is -2.48. The standard InChI is InChI=1S/C34H35N3O/c35-27-3-7-29(8-4-27)37(30-9-5-28(36)6-10-30)31-11-15-33(16-12-31)38-32-13-1-26(2-14-32)34-20-23-17-24(21-34)19-25(18-23)22-34/h1-16,23-25H,17-22,35-36H2. The molecule has 8 rings (SSSR count). The van der Waals surface area contributed by atoms with E-state index in [1.807, 2.05) is 60.7 Å². The third kappa shape index (κ3) is 4.28. The first-order valence-corrected chi connectivity index (χ1v) is 13.9. The first-order chi connectivity index (χ1) is 18.5. The molecule has 0 spiro atoms. The molecule has 0 radical (unpaired) electrons. The molecule has 0 saturated heterocycles. The van der Waals surface area contributed by atoms with Gasteiger partial charge in [-0.15, -0.1) is 0 Å². The van der Waals surface area contributed by atoms with E-state index >= 15 is 0 Å². The van der Waals surface area contributed by atoms with Gasteiger partial charge < -0.3 is 21.1 Å². The zero-order valence-corrected chi connectivity index (χ0v) is 21.7. The van der Waals surface area contributed by atoms with Gasteiger partial charge in [0.05, 0.1) is 0 Å². The van der Waals surface area contributed by atoms with Gasteiger partial charge in [-0.1, -0.05) is 12.1 Å². The van der Waals surface area contributed by atoms with Crippen molar-refractivity contribution < 1.29 is 4.74 Å². The fourth-order valence-electron chi connectivity index (χ4n) is 7.83. The van der Waals surface area contributed by atoms with Crippen LogP contribution < -0.4 is 21.1 Å². The van der Waals surface area contributed by atoms with E-state index in [2.05, 4.69) is 41.3 Å². The van der Waals surface area contributed by atoms with Crippen molar-refractivity contribution in [2.24, 2.45) is 17.8 Å². The molecule has 4 saturated carbocycles. The van der Waals surface area contributed by atoms with Gasteiger partial charge >= 0.3 is 0 Å². The highest BCUT2D eigenvalue weighted by Gasteiger charge is 2.51. The van der Waals surface area contributed by atoms with Crippen molar-refractivity contribution >= 4 is 28.4 Å². The first kappa shape index (κ1) is 23.2. The Morgan fingerprint density at radius 3 is 1.32 bits per heavy atom. The smallest absolute Gasteiger partial charge is 0.127 e. The fraction of sp³-hybridized carbons (Fsp3) is 0.294. The maximum absolute atomic E-state index is 6.28. The van der Waals surface area contributed by atoms with Crippen LogP contribution in [0.3, 0.4) is 0 Å². The molecule has 0 amide bonds. The lowest BCUT2D eigenvalue weighted by molar-refractivity contribution is -0.00519. The number of hydrogen-bond donors (Lipinski definition) is 2. The molecule has 4 aliphatic carbocycles. The molecule has 4 aliphatic rings. The van der Waals surface area contributed by atoms with E-state index in [9.17, 15) is 0 Å². The molecule has 4 aromatic rings. The maximum Gasteiger partial charge on any atom is 0.127 e. The minimum Gasteiger partial charge on any atom is -0.457 e. The molecular formula is C34H35N3O. The van der Waals surface area contributed by atoms with Crippen LogP contribution in [-0.2, 0) is 5.41 Å². The van der Waals surface area contributed by atoms with Gasteiger partial charge in [-0.25, -0.2) is 0 Å². The van der Waals surface area contributed by atoms with Crippen molar-refractivity contribution in [3.05, 3.63) is 103 Å². The van der Waals surface area contributed by atoms with Crippen LogP contribution in [0.25, 0.3) is 0 Å². The Balaban J connectivity index is 1.11. The van der Waals surface area contributed by atoms with Crippen molar-refractivity contribution in [1.29, 1.82) is 0 Å². The van der Waals surface area contributed by atoms with Crippen LogP contribution in [0.15, 0.2) is 97.1 Å². The Hall–Kier alpha value is -3.92. The maximum atomic E-state index is 6.28. The number of anilines is 5. The van der Waals surface area contributed by atoms with E-state index in [1.165, 1.54) is 44.1 Å². The van der Waals surface area contributed by atoms with E-state index in [0.29, 0.717) is 5.41 Å². The predicted octanol–water partition coefficient (Wildman–Crippen LogP) is 8.58. The lowest BCUT2D eigenvalue weighted by Gasteiger charge is -2.57. The molecule has 0 heterocycles. The second-order valence-electron chi connectivity index (χ2n) is 11.8. The normalized spacial score (nSPS) is 25.3. The number of ether oxygens (including phenoxy) is 1. The number of hydrogen-bond acceptors (Lipinski definition) is 4. The van der Waals surface area contributed by atoms with E-state index in [-0.39, 0.29) is 0 Å². The van der Waals surface area contributed by atoms with Crippen LogP contribution in [0.4, 0.5) is 28.4 Å². The van der Waals surface area contributed by atoms with Crippen LogP contribution in [0.1, 0.15) is 44.1 Å². The van der Waals surface area contributed by atoms with Gasteiger partial charge in [-0.3, -0.25) is 0 Å². The van der Waals surface area contributed by atoms with Crippen LogP contribution >= 0.6 is 0 Å². The summed E-state index contributed by atoms with van der Waals surface area (Å²) in [5.41, 5.74) is 18.4. The Kier molecular flexibility index (Phi) is 5.57. The fourth-order valence-corrected chi connectivity index (χ4v) is 7.83. The lowest BCUT2D eigenvalue weighted by atomic mass is 9.48. The third-order valence-corrected chi connectivity index (χ3v) is 9.14. The van der Waals surface area contributed by atoms with Gasteiger partial charge in [0.1, 0.15) is 11.5 Å². The van der Waals surface area contributed by atoms with Crippen LogP contribution in [0.2, 0.25) is 0 Å². The molecule has 4 bridgehead atoms. The highest BCUT2D eigenvalue weighted by atomic mass is 16.5. The number of nitrogen functional groups attached to an aromatic ring is 2. The molecule has 4 heteroatoms. The SMILES string of the molecule is Nc1ccc(N(c2ccc(N)cc2)c2ccc(Oc3ccc(C45CC6CC(CC(C6)C4)C5)cc3)cc2)cc1. The van der Waals surface area contributed by atoms with Gasteiger partial charge in [-0.2, -0.15) is 0 Å². The van der Waals surface area contributed by atoms with E-state index in [1.54, 1.807) is 0 Å². The molecule has 0 unspecified atom stereocenters. The molecule has 4 N–H and O–H groups in total. The van der Waals surface area contributed by atoms with Crippen molar-refractivity contribution in [2.75, 3.05) is 16.4 Å². The summed E-state index contributed by atoms with van der Waals surface area (Å²) in [6.07, 6.45) is 8.59. The highest BCUT2D eigenvalue weighted by molar-refractivity contribution is 5.78. The summed E-state index contributed by atoms with van der Waals surface area (Å²) in [7, 11) is 0. The van der Waals surface area contributed by atoms with Gasteiger partial charge in [0.15, 0.2) is 0 Å². The Morgan fingerprint density at radius 1 is 0.526 bits per heavy atom. The summed E-state index contributed by atoms with van der Waals surface area (Å²) in [5.74, 6) is 4.58. The Labute approximate surface area is 225 Å². The predicted molar refractivity (Wildman–Crippen MR) is 156 cm³/mol. The Morgan fingerprint density at radius 2 is 0.895 bits per heavy atom. The third-order valence-electron chi connectivity index (χ3n) is 9.14. The molecule has 0 aromatic heterocycles. The van der Waals surface area contributed by atoms with E-state index in [0.717, 1.165) is 57.7 Å². The van der Waals surface area contributed by atoms with Gasteiger partial charge in [-0.05, 0) is 152 Å². The highest BCUT2D eigenvalue weighted by Crippen LogP contribution is 2.60. The first-order valence-electron chi connectivity index (χ1n) is 13.9. The van der Waals surface area contributed by atoms with Crippen LogP contribution in [0.5, 0.6) is 11.5 Å². The summed E-state index contributed by atoms with van der Waals surface area (Å²) < 4.78 is 6.28. The molecule has 192 valence electrons. The summed E-state index contributed by atoms with van der Waals surface area (Å²) in [6, 6.07) is 33.0. The van der Waals surface area contributed by atoms with Crippen LogP contribution in [-0.4, -0.2) is 0 Å². The van der Waals surface area contributed by atoms with Crippen molar-refractivity contribution in [2.45, 2.75) is 43.9 Å². The largest absolute Gasteiger partial charge is 0.457 e. The Bertz CT molecular complexity index is 1330. The van der Waals surface area contributed by atoms with E-state index < -0.39 is 0 Å². The second-order valence-corrected chi connectivity index (χ2v) is 11.8. The zero-order chi connectivity index (χ0) is 25.7. The van der Waals surface area contributed by atoms with E-state index in [4.69, 9.17) is 16.2 Å². The van der Waals surface area contributed by atoms with Crippen LogP contribution in [0, 0.1) is 17.8 Å².